The Morgan fingerprint density at radius 3 is 2.83 bits per heavy atom. The molecule has 1 unspecified atom stereocenters. The molecule has 2 aromatic rings. The maximum atomic E-state index is 12.4. The molecule has 0 aliphatic carbocycles. The molecule has 1 aromatic heterocycles. The number of hydrogen-bond acceptors (Lipinski definition) is 3. The number of rotatable bonds is 5. The topological polar surface area (TPSA) is 67.5 Å². The van der Waals surface area contributed by atoms with Crippen LogP contribution in [0.5, 0.6) is 0 Å². The summed E-state index contributed by atoms with van der Waals surface area (Å²) in [7, 11) is 1.84. The second-order valence-corrected chi connectivity index (χ2v) is 7.70. The van der Waals surface area contributed by atoms with Gasteiger partial charge in [-0.1, -0.05) is 30.3 Å². The summed E-state index contributed by atoms with van der Waals surface area (Å²) in [4.78, 5) is 19.2. The van der Waals surface area contributed by atoms with Crippen LogP contribution in [0.1, 0.15) is 43.0 Å². The smallest absolute Gasteiger partial charge is 0.345 e. The first-order valence-corrected chi connectivity index (χ1v) is 10.4. The lowest BCUT2D eigenvalue weighted by Gasteiger charge is -2.21. The maximum Gasteiger partial charge on any atom is 0.345 e. The number of nitrogens with zero attached hydrogens (tertiary/aromatic N) is 5. The molecule has 29 heavy (non-hydrogen) atoms. The van der Waals surface area contributed by atoms with Gasteiger partial charge in [-0.25, -0.2) is 9.48 Å². The Bertz CT molecular complexity index is 875. The lowest BCUT2D eigenvalue weighted by molar-refractivity contribution is 0.477. The summed E-state index contributed by atoms with van der Waals surface area (Å²) >= 11 is 0. The molecule has 0 amide bonds. The van der Waals surface area contributed by atoms with Crippen molar-refractivity contribution in [2.24, 2.45) is 4.99 Å². The summed E-state index contributed by atoms with van der Waals surface area (Å²) in [5.41, 5.74) is 1.45. The van der Waals surface area contributed by atoms with E-state index in [4.69, 9.17) is 0 Å². The second kappa shape index (κ2) is 10.3. The number of benzene rings is 1. The van der Waals surface area contributed by atoms with E-state index in [2.05, 4.69) is 50.6 Å². The summed E-state index contributed by atoms with van der Waals surface area (Å²) < 4.78 is 3.47. The Balaban J connectivity index is 0.00000240. The van der Waals surface area contributed by atoms with Gasteiger partial charge in [0.25, 0.3) is 0 Å². The van der Waals surface area contributed by atoms with Gasteiger partial charge >= 0.3 is 5.69 Å². The number of aromatic nitrogens is 3. The molecule has 2 aliphatic heterocycles. The van der Waals surface area contributed by atoms with Gasteiger partial charge in [-0.3, -0.25) is 9.56 Å². The Kier molecular flexibility index (Phi) is 7.74. The fourth-order valence-electron chi connectivity index (χ4n) is 4.31. The third-order valence-corrected chi connectivity index (χ3v) is 5.83. The molecule has 0 bridgehead atoms. The molecule has 1 saturated heterocycles. The second-order valence-electron chi connectivity index (χ2n) is 7.70. The van der Waals surface area contributed by atoms with E-state index in [1.54, 1.807) is 4.68 Å². The number of fused-ring (bicyclic) bond motifs is 1. The van der Waals surface area contributed by atoms with Crippen LogP contribution in [0.2, 0.25) is 0 Å². The van der Waals surface area contributed by atoms with Crippen LogP contribution in [0.25, 0.3) is 0 Å². The minimum Gasteiger partial charge on any atom is -0.356 e. The van der Waals surface area contributed by atoms with E-state index >= 15 is 0 Å². The van der Waals surface area contributed by atoms with E-state index in [-0.39, 0.29) is 29.7 Å². The standard InChI is InChI=1S/C21H30N6O.HI/c1-22-20(25-15-11-18(16-25)17-8-3-2-4-9-17)23-12-7-14-27-21(28)26-13-6-5-10-19(26)24-27;/h2-4,8-9,18H,5-7,10-16H2,1H3,(H,22,23);1H. The van der Waals surface area contributed by atoms with Gasteiger partial charge in [0.05, 0.1) is 0 Å². The average Bonchev–Trinajstić information content (AvgIpc) is 3.35. The Hall–Kier alpha value is -1.84. The van der Waals surface area contributed by atoms with Crippen molar-refractivity contribution in [2.45, 2.75) is 51.1 Å². The highest BCUT2D eigenvalue weighted by molar-refractivity contribution is 14.0. The van der Waals surface area contributed by atoms with Crippen LogP contribution in [0.4, 0.5) is 0 Å². The zero-order valence-electron chi connectivity index (χ0n) is 17.1. The molecule has 4 rings (SSSR count). The predicted octanol–water partition coefficient (Wildman–Crippen LogP) is 2.45. The quantitative estimate of drug-likeness (QED) is 0.291. The molecule has 0 radical (unpaired) electrons. The largest absolute Gasteiger partial charge is 0.356 e. The number of hydrogen-bond donors (Lipinski definition) is 1. The van der Waals surface area contributed by atoms with Crippen molar-refractivity contribution in [1.82, 2.24) is 24.6 Å². The summed E-state index contributed by atoms with van der Waals surface area (Å²) in [6.45, 7) is 4.27. The first kappa shape index (κ1) is 21.9. The number of aryl methyl sites for hydroxylation is 2. The van der Waals surface area contributed by atoms with E-state index in [1.807, 2.05) is 11.6 Å². The Morgan fingerprint density at radius 2 is 2.07 bits per heavy atom. The van der Waals surface area contributed by atoms with Crippen LogP contribution in [0.15, 0.2) is 40.1 Å². The van der Waals surface area contributed by atoms with Crippen LogP contribution in [0.3, 0.4) is 0 Å². The van der Waals surface area contributed by atoms with Crippen LogP contribution in [-0.2, 0) is 19.5 Å². The van der Waals surface area contributed by atoms with E-state index in [9.17, 15) is 4.79 Å². The highest BCUT2D eigenvalue weighted by Crippen LogP contribution is 2.26. The van der Waals surface area contributed by atoms with Gasteiger partial charge in [-0.15, -0.1) is 24.0 Å². The Labute approximate surface area is 189 Å². The molecule has 3 heterocycles. The van der Waals surface area contributed by atoms with Gasteiger partial charge in [0.15, 0.2) is 5.96 Å². The van der Waals surface area contributed by atoms with Gasteiger partial charge in [-0.2, -0.15) is 5.10 Å². The van der Waals surface area contributed by atoms with Crippen LogP contribution >= 0.6 is 24.0 Å². The lowest BCUT2D eigenvalue weighted by atomic mass is 9.99. The molecule has 2 aliphatic rings. The van der Waals surface area contributed by atoms with Crippen LogP contribution in [-0.4, -0.2) is 51.9 Å². The molecule has 158 valence electrons. The first-order chi connectivity index (χ1) is 13.8. The summed E-state index contributed by atoms with van der Waals surface area (Å²) in [6, 6.07) is 10.7. The number of nitrogens with one attached hydrogen (secondary N) is 1. The van der Waals surface area contributed by atoms with Crippen molar-refractivity contribution in [3.8, 4) is 0 Å². The number of likely N-dealkylation sites (tertiary alicyclic amines) is 1. The zero-order chi connectivity index (χ0) is 19.3. The average molecular weight is 510 g/mol. The third-order valence-electron chi connectivity index (χ3n) is 5.83. The zero-order valence-corrected chi connectivity index (χ0v) is 19.4. The van der Waals surface area contributed by atoms with E-state index in [0.717, 1.165) is 70.1 Å². The number of halogens is 1. The normalized spacial score (nSPS) is 19.0. The number of aliphatic imine (C=N–C) groups is 1. The molecular formula is C21H31IN6O. The van der Waals surface area contributed by atoms with Crippen LogP contribution in [0, 0.1) is 0 Å². The number of guanidine groups is 1. The molecule has 1 atom stereocenters. The monoisotopic (exact) mass is 510 g/mol. The Morgan fingerprint density at radius 1 is 1.24 bits per heavy atom. The molecule has 0 spiro atoms. The first-order valence-electron chi connectivity index (χ1n) is 10.4. The van der Waals surface area contributed by atoms with Crippen molar-refractivity contribution in [1.29, 1.82) is 0 Å². The molecule has 8 heteroatoms. The third kappa shape index (κ3) is 5.02. The van der Waals surface area contributed by atoms with Crippen molar-refractivity contribution in [3.05, 3.63) is 52.2 Å². The fourth-order valence-corrected chi connectivity index (χ4v) is 4.31. The van der Waals surface area contributed by atoms with E-state index in [0.29, 0.717) is 12.5 Å². The minimum atomic E-state index is 0. The fraction of sp³-hybridized carbons (Fsp3) is 0.571. The van der Waals surface area contributed by atoms with Crippen LogP contribution < -0.4 is 11.0 Å². The minimum absolute atomic E-state index is 0. The maximum absolute atomic E-state index is 12.4. The lowest BCUT2D eigenvalue weighted by Crippen LogP contribution is -2.40. The van der Waals surface area contributed by atoms with E-state index < -0.39 is 0 Å². The van der Waals surface area contributed by atoms with Crippen molar-refractivity contribution < 1.29 is 0 Å². The molecule has 1 aromatic carbocycles. The van der Waals surface area contributed by atoms with Gasteiger partial charge in [-0.05, 0) is 31.2 Å². The molecule has 1 N–H and O–H groups in total. The van der Waals surface area contributed by atoms with Gasteiger partial charge < -0.3 is 10.2 Å². The highest BCUT2D eigenvalue weighted by Gasteiger charge is 2.25. The molecule has 7 nitrogen and oxygen atoms in total. The van der Waals surface area contributed by atoms with Gasteiger partial charge in [0, 0.05) is 52.1 Å². The van der Waals surface area contributed by atoms with Gasteiger partial charge in [0.1, 0.15) is 5.82 Å². The van der Waals surface area contributed by atoms with Gasteiger partial charge in [0.2, 0.25) is 0 Å². The van der Waals surface area contributed by atoms with Crippen molar-refractivity contribution in [3.63, 3.8) is 0 Å². The predicted molar refractivity (Wildman–Crippen MR) is 126 cm³/mol. The molecule has 0 saturated carbocycles. The molecule has 1 fully saturated rings. The summed E-state index contributed by atoms with van der Waals surface area (Å²) in [6.07, 6.45) is 5.14. The highest BCUT2D eigenvalue weighted by atomic mass is 127. The summed E-state index contributed by atoms with van der Waals surface area (Å²) in [5.74, 6) is 2.47. The van der Waals surface area contributed by atoms with Crippen molar-refractivity contribution >= 4 is 29.9 Å². The van der Waals surface area contributed by atoms with Crippen molar-refractivity contribution in [2.75, 3.05) is 26.7 Å². The SMILES string of the molecule is CN=C(NCCCn1nc2n(c1=O)CCCC2)N1CCC(c2ccccc2)C1.I. The summed E-state index contributed by atoms with van der Waals surface area (Å²) in [5, 5.41) is 7.97. The van der Waals surface area contributed by atoms with E-state index in [1.165, 1.54) is 5.56 Å². The molecular weight excluding hydrogens is 479 g/mol.